The molecule has 0 atom stereocenters. The van der Waals surface area contributed by atoms with Gasteiger partial charge in [-0.2, -0.15) is 0 Å². The number of pyridine rings is 1. The molecule has 7 aromatic carbocycles. The molecule has 0 aliphatic rings. The fourth-order valence-electron chi connectivity index (χ4n) is 6.85. The Kier molecular flexibility index (Phi) is 5.51. The molecule has 10 aromatic rings. The summed E-state index contributed by atoms with van der Waals surface area (Å²) < 4.78 is 6.21. The number of hydrogen-bond acceptors (Lipinski definition) is 5. The van der Waals surface area contributed by atoms with Gasteiger partial charge < -0.3 is 4.42 Å². The third-order valence-electron chi connectivity index (χ3n) is 9.12. The van der Waals surface area contributed by atoms with E-state index in [1.165, 1.54) is 0 Å². The van der Waals surface area contributed by atoms with Gasteiger partial charge in [0, 0.05) is 44.4 Å². The van der Waals surface area contributed by atoms with Crippen molar-refractivity contribution in [3.8, 4) is 34.2 Å². The van der Waals surface area contributed by atoms with E-state index in [4.69, 9.17) is 24.4 Å². The minimum atomic E-state index is 0.616. The molecule has 0 fully saturated rings. The lowest BCUT2D eigenvalue weighted by Crippen LogP contribution is -2.00. The molecule has 10 rings (SSSR count). The van der Waals surface area contributed by atoms with Gasteiger partial charge in [-0.1, -0.05) is 109 Å². The van der Waals surface area contributed by atoms with Crippen LogP contribution >= 0.6 is 0 Å². The quantitative estimate of drug-likeness (QED) is 0.189. The lowest BCUT2D eigenvalue weighted by atomic mass is 9.97. The Morgan fingerprint density at radius 3 is 1.74 bits per heavy atom. The van der Waals surface area contributed by atoms with Crippen LogP contribution in [0.25, 0.3) is 99.3 Å². The highest BCUT2D eigenvalue weighted by atomic mass is 16.3. The smallest absolute Gasteiger partial charge is 0.164 e. The predicted molar refractivity (Wildman–Crippen MR) is 191 cm³/mol. The normalized spacial score (nSPS) is 11.8. The molecule has 0 amide bonds. The van der Waals surface area contributed by atoms with Gasteiger partial charge in [0.1, 0.15) is 11.2 Å². The van der Waals surface area contributed by atoms with Crippen molar-refractivity contribution in [1.29, 1.82) is 0 Å². The van der Waals surface area contributed by atoms with E-state index in [2.05, 4.69) is 84.9 Å². The number of aromatic nitrogens is 4. The van der Waals surface area contributed by atoms with Crippen molar-refractivity contribution in [2.45, 2.75) is 0 Å². The minimum absolute atomic E-state index is 0.616. The molecule has 5 nitrogen and oxygen atoms in total. The molecule has 5 heteroatoms. The molecule has 0 radical (unpaired) electrons. The van der Waals surface area contributed by atoms with Gasteiger partial charge >= 0.3 is 0 Å². The maximum absolute atomic E-state index is 6.21. The summed E-state index contributed by atoms with van der Waals surface area (Å²) in [4.78, 5) is 20.0. The van der Waals surface area contributed by atoms with Gasteiger partial charge in [0.15, 0.2) is 17.5 Å². The number of nitrogens with zero attached hydrogens (tertiary/aromatic N) is 4. The second kappa shape index (κ2) is 10.0. The van der Waals surface area contributed by atoms with Crippen molar-refractivity contribution in [1.82, 2.24) is 19.9 Å². The second-order valence-electron chi connectivity index (χ2n) is 11.9. The van der Waals surface area contributed by atoms with Crippen molar-refractivity contribution in [3.63, 3.8) is 0 Å². The fourth-order valence-corrected chi connectivity index (χ4v) is 6.85. The SMILES string of the molecule is c1ccc(-c2nc(-c3ccc4ccc5oc6ccccc6c5c4c3)nc(-c3ccc4ccc5ccc6cccnc6c5c4c3)n2)cc1. The first-order valence-corrected chi connectivity index (χ1v) is 15.6. The Hall–Kier alpha value is -6.46. The minimum Gasteiger partial charge on any atom is -0.456 e. The van der Waals surface area contributed by atoms with E-state index < -0.39 is 0 Å². The summed E-state index contributed by atoms with van der Waals surface area (Å²) in [5, 5.41) is 10.1. The monoisotopic (exact) mass is 600 g/mol. The van der Waals surface area contributed by atoms with Crippen LogP contribution in [-0.4, -0.2) is 19.9 Å². The van der Waals surface area contributed by atoms with E-state index in [-0.39, 0.29) is 0 Å². The van der Waals surface area contributed by atoms with Crippen LogP contribution in [0.15, 0.2) is 150 Å². The van der Waals surface area contributed by atoms with Gasteiger partial charge in [-0.25, -0.2) is 15.0 Å². The van der Waals surface area contributed by atoms with Gasteiger partial charge in [0.25, 0.3) is 0 Å². The molecule has 0 aliphatic carbocycles. The first-order chi connectivity index (χ1) is 23.3. The molecule has 0 N–H and O–H groups in total. The van der Waals surface area contributed by atoms with Gasteiger partial charge in [-0.15, -0.1) is 0 Å². The Morgan fingerprint density at radius 1 is 0.383 bits per heavy atom. The van der Waals surface area contributed by atoms with Gasteiger partial charge in [-0.3, -0.25) is 4.98 Å². The van der Waals surface area contributed by atoms with Crippen LogP contribution in [0.5, 0.6) is 0 Å². The predicted octanol–water partition coefficient (Wildman–Crippen LogP) is 10.8. The summed E-state index contributed by atoms with van der Waals surface area (Å²) in [6.45, 7) is 0. The van der Waals surface area contributed by atoms with E-state index in [9.17, 15) is 0 Å². The lowest BCUT2D eigenvalue weighted by Gasteiger charge is -2.11. The summed E-state index contributed by atoms with van der Waals surface area (Å²) in [6.07, 6.45) is 1.86. The number of benzene rings is 7. The lowest BCUT2D eigenvalue weighted by molar-refractivity contribution is 0.669. The van der Waals surface area contributed by atoms with Gasteiger partial charge in [0.05, 0.1) is 5.52 Å². The largest absolute Gasteiger partial charge is 0.456 e. The summed E-state index contributed by atoms with van der Waals surface area (Å²) >= 11 is 0. The zero-order chi connectivity index (χ0) is 30.9. The highest BCUT2D eigenvalue weighted by Crippen LogP contribution is 2.37. The Bertz CT molecular complexity index is 2850. The zero-order valence-electron chi connectivity index (χ0n) is 25.1. The molecule has 0 aliphatic heterocycles. The molecule has 47 heavy (non-hydrogen) atoms. The average Bonchev–Trinajstić information content (AvgIpc) is 3.53. The van der Waals surface area contributed by atoms with Crippen LogP contribution in [0, 0.1) is 0 Å². The van der Waals surface area contributed by atoms with Crippen LogP contribution in [0.1, 0.15) is 0 Å². The zero-order valence-corrected chi connectivity index (χ0v) is 25.1. The third kappa shape index (κ3) is 4.10. The molecule has 0 saturated carbocycles. The van der Waals surface area contributed by atoms with Crippen LogP contribution in [0.4, 0.5) is 0 Å². The van der Waals surface area contributed by atoms with Gasteiger partial charge in [-0.05, 0) is 57.3 Å². The van der Waals surface area contributed by atoms with E-state index in [1.807, 2.05) is 60.8 Å². The summed E-state index contributed by atoms with van der Waals surface area (Å²) in [6, 6.07) is 48.0. The van der Waals surface area contributed by atoms with E-state index >= 15 is 0 Å². The van der Waals surface area contributed by atoms with Crippen LogP contribution < -0.4 is 0 Å². The van der Waals surface area contributed by atoms with Crippen LogP contribution in [0.3, 0.4) is 0 Å². The number of furan rings is 1. The molecule has 3 heterocycles. The molecule has 0 saturated heterocycles. The molecule has 0 bridgehead atoms. The fraction of sp³-hybridized carbons (Fsp3) is 0. The van der Waals surface area contributed by atoms with Crippen LogP contribution in [0.2, 0.25) is 0 Å². The molecular formula is C42H24N4O. The standard InChI is InChI=1S/C42H24N4O/c1-2-7-29(8-3-1)40-44-41(30-18-13-25-12-15-27-16-17-28-9-6-22-43-39(28)37(27)33(25)23-30)46-42(45-40)31-19-14-26-20-21-36-38(34(26)24-31)32-10-4-5-11-35(32)47-36/h1-24H. The summed E-state index contributed by atoms with van der Waals surface area (Å²) in [5.74, 6) is 1.86. The Balaban J connectivity index is 1.22. The van der Waals surface area contributed by atoms with Crippen LogP contribution in [-0.2, 0) is 0 Å². The first-order valence-electron chi connectivity index (χ1n) is 15.6. The van der Waals surface area contributed by atoms with E-state index in [0.717, 1.165) is 81.8 Å². The highest BCUT2D eigenvalue weighted by Gasteiger charge is 2.16. The second-order valence-corrected chi connectivity index (χ2v) is 11.9. The maximum atomic E-state index is 6.21. The maximum Gasteiger partial charge on any atom is 0.164 e. The molecular weight excluding hydrogens is 576 g/mol. The molecule has 0 unspecified atom stereocenters. The van der Waals surface area contributed by atoms with E-state index in [0.29, 0.717) is 17.5 Å². The Labute approximate surface area is 268 Å². The number of rotatable bonds is 3. The average molecular weight is 601 g/mol. The summed E-state index contributed by atoms with van der Waals surface area (Å²) in [5.41, 5.74) is 5.50. The molecule has 3 aromatic heterocycles. The van der Waals surface area contributed by atoms with Crippen molar-refractivity contribution < 1.29 is 4.42 Å². The Morgan fingerprint density at radius 2 is 0.979 bits per heavy atom. The highest BCUT2D eigenvalue weighted by molar-refractivity contribution is 6.20. The molecule has 0 spiro atoms. The van der Waals surface area contributed by atoms with Crippen molar-refractivity contribution >= 4 is 65.2 Å². The first kappa shape index (κ1) is 25.8. The van der Waals surface area contributed by atoms with Crippen molar-refractivity contribution in [2.24, 2.45) is 0 Å². The van der Waals surface area contributed by atoms with Gasteiger partial charge in [0.2, 0.25) is 0 Å². The number of fused-ring (bicyclic) bond motifs is 10. The third-order valence-corrected chi connectivity index (χ3v) is 9.12. The van der Waals surface area contributed by atoms with Crippen molar-refractivity contribution in [3.05, 3.63) is 146 Å². The number of para-hydroxylation sites is 1. The topological polar surface area (TPSA) is 64.7 Å². The van der Waals surface area contributed by atoms with Crippen molar-refractivity contribution in [2.75, 3.05) is 0 Å². The molecule has 218 valence electrons. The summed E-state index contributed by atoms with van der Waals surface area (Å²) in [7, 11) is 0. The number of hydrogen-bond donors (Lipinski definition) is 0. The van der Waals surface area contributed by atoms with E-state index in [1.54, 1.807) is 0 Å².